The number of rotatable bonds is 9. The molecule has 4 nitrogen and oxygen atoms in total. The summed E-state index contributed by atoms with van der Waals surface area (Å²) in [6, 6.07) is 39.8. The van der Waals surface area contributed by atoms with Gasteiger partial charge in [0.15, 0.2) is 0 Å². The summed E-state index contributed by atoms with van der Waals surface area (Å²) in [4.78, 5) is 17.3. The lowest BCUT2D eigenvalue weighted by atomic mass is 9.84. The highest BCUT2D eigenvalue weighted by molar-refractivity contribution is 8.00. The summed E-state index contributed by atoms with van der Waals surface area (Å²) in [7, 11) is 0. The van der Waals surface area contributed by atoms with Crippen molar-refractivity contribution < 1.29 is 9.53 Å². The molecule has 0 atom stereocenters. The zero-order chi connectivity index (χ0) is 24.8. The monoisotopic (exact) mass is 492 g/mol. The van der Waals surface area contributed by atoms with Crippen LogP contribution >= 0.6 is 11.8 Å². The molecular formula is C31H28N2O2S. The summed E-state index contributed by atoms with van der Waals surface area (Å²) in [5.41, 5.74) is 5.38. The summed E-state index contributed by atoms with van der Waals surface area (Å²) >= 11 is 1.87. The highest BCUT2D eigenvalue weighted by atomic mass is 32.2. The molecule has 0 spiro atoms. The van der Waals surface area contributed by atoms with Crippen molar-refractivity contribution in [2.24, 2.45) is 0 Å². The molecule has 0 radical (unpaired) electrons. The Morgan fingerprint density at radius 1 is 0.778 bits per heavy atom. The van der Waals surface area contributed by atoms with E-state index in [0.29, 0.717) is 19.0 Å². The van der Waals surface area contributed by atoms with Crippen LogP contribution in [0.5, 0.6) is 0 Å². The standard InChI is InChI=1S/C31H28N2O2S/c1-2-35-30(34)29-32-27-20-12-13-21-28(27)33(29)22-23-36-31(24-14-6-3-7-15-24,25-16-8-4-9-17-25)26-18-10-5-11-19-26/h3-21H,2,22-23H2,1H3. The van der Waals surface area contributed by atoms with Gasteiger partial charge in [-0.25, -0.2) is 9.78 Å². The largest absolute Gasteiger partial charge is 0.460 e. The zero-order valence-corrected chi connectivity index (χ0v) is 21.0. The van der Waals surface area contributed by atoms with Crippen molar-refractivity contribution in [3.63, 3.8) is 0 Å². The maximum Gasteiger partial charge on any atom is 0.374 e. The molecule has 5 aromatic rings. The highest BCUT2D eigenvalue weighted by Crippen LogP contribution is 2.48. The Hall–Kier alpha value is -3.83. The first-order chi connectivity index (χ1) is 17.7. The molecule has 0 bridgehead atoms. The Morgan fingerprint density at radius 3 is 1.81 bits per heavy atom. The van der Waals surface area contributed by atoms with Crippen LogP contribution in [0.1, 0.15) is 34.2 Å². The quantitative estimate of drug-likeness (QED) is 0.165. The van der Waals surface area contributed by atoms with E-state index < -0.39 is 4.75 Å². The first-order valence-corrected chi connectivity index (χ1v) is 13.2. The van der Waals surface area contributed by atoms with Gasteiger partial charge in [-0.05, 0) is 35.7 Å². The second-order valence-corrected chi connectivity index (χ2v) is 9.73. The minimum atomic E-state index is -0.412. The molecule has 0 unspecified atom stereocenters. The van der Waals surface area contributed by atoms with E-state index in [1.54, 1.807) is 0 Å². The van der Waals surface area contributed by atoms with Crippen molar-refractivity contribution in [3.05, 3.63) is 138 Å². The minimum absolute atomic E-state index is 0.315. The van der Waals surface area contributed by atoms with Crippen molar-refractivity contribution in [2.45, 2.75) is 18.2 Å². The van der Waals surface area contributed by atoms with Gasteiger partial charge in [0.1, 0.15) is 0 Å². The van der Waals surface area contributed by atoms with Crippen LogP contribution in [-0.2, 0) is 16.0 Å². The van der Waals surface area contributed by atoms with E-state index in [9.17, 15) is 4.79 Å². The first kappa shape index (κ1) is 23.9. The summed E-state index contributed by atoms with van der Waals surface area (Å²) < 4.78 is 6.90. The lowest BCUT2D eigenvalue weighted by Gasteiger charge is -2.35. The molecule has 1 aromatic heterocycles. The topological polar surface area (TPSA) is 44.1 Å². The van der Waals surface area contributed by atoms with E-state index in [2.05, 4.69) is 96.0 Å². The summed E-state index contributed by atoms with van der Waals surface area (Å²) in [6.45, 7) is 2.75. The van der Waals surface area contributed by atoms with Gasteiger partial charge in [0.25, 0.3) is 0 Å². The maximum absolute atomic E-state index is 12.7. The number of carbonyl (C=O) groups is 1. The first-order valence-electron chi connectivity index (χ1n) is 12.2. The molecule has 1 heterocycles. The molecule has 0 saturated carbocycles. The third-order valence-electron chi connectivity index (χ3n) is 6.29. The van der Waals surface area contributed by atoms with Gasteiger partial charge in [-0.3, -0.25) is 0 Å². The van der Waals surface area contributed by atoms with Crippen molar-refractivity contribution >= 4 is 28.8 Å². The number of ether oxygens (including phenoxy) is 1. The average Bonchev–Trinajstić information content (AvgIpc) is 3.31. The number of hydrogen-bond acceptors (Lipinski definition) is 4. The normalized spacial score (nSPS) is 11.5. The smallest absolute Gasteiger partial charge is 0.374 e. The molecule has 0 fully saturated rings. The highest BCUT2D eigenvalue weighted by Gasteiger charge is 2.36. The molecule has 0 aliphatic heterocycles. The fraction of sp³-hybridized carbons (Fsp3) is 0.161. The van der Waals surface area contributed by atoms with Crippen LogP contribution in [0.3, 0.4) is 0 Å². The van der Waals surface area contributed by atoms with Crippen LogP contribution in [0.2, 0.25) is 0 Å². The van der Waals surface area contributed by atoms with E-state index in [1.807, 2.05) is 47.5 Å². The Morgan fingerprint density at radius 2 is 1.28 bits per heavy atom. The lowest BCUT2D eigenvalue weighted by Crippen LogP contribution is -2.27. The van der Waals surface area contributed by atoms with Crippen LogP contribution in [0.25, 0.3) is 11.0 Å². The fourth-order valence-electron chi connectivity index (χ4n) is 4.71. The number of imidazole rings is 1. The number of hydrogen-bond donors (Lipinski definition) is 0. The number of aryl methyl sites for hydroxylation is 1. The second-order valence-electron chi connectivity index (χ2n) is 8.42. The fourth-order valence-corrected chi connectivity index (χ4v) is 6.20. The Bertz CT molecular complexity index is 1340. The van der Waals surface area contributed by atoms with E-state index in [4.69, 9.17) is 4.74 Å². The summed E-state index contributed by atoms with van der Waals surface area (Å²) in [5, 5.41) is 0. The number of para-hydroxylation sites is 2. The summed E-state index contributed by atoms with van der Waals surface area (Å²) in [6.07, 6.45) is 0. The van der Waals surface area contributed by atoms with Crippen LogP contribution in [-0.4, -0.2) is 27.9 Å². The third-order valence-corrected chi connectivity index (χ3v) is 7.81. The predicted molar refractivity (Wildman–Crippen MR) is 147 cm³/mol. The summed E-state index contributed by atoms with van der Waals surface area (Å²) in [5.74, 6) is 0.716. The molecule has 5 heteroatoms. The molecule has 4 aromatic carbocycles. The lowest BCUT2D eigenvalue weighted by molar-refractivity contribution is 0.0507. The van der Waals surface area contributed by atoms with Gasteiger partial charge in [-0.1, -0.05) is 103 Å². The average molecular weight is 493 g/mol. The van der Waals surface area contributed by atoms with Crippen LogP contribution in [0.15, 0.2) is 115 Å². The van der Waals surface area contributed by atoms with Gasteiger partial charge >= 0.3 is 5.97 Å². The van der Waals surface area contributed by atoms with Crippen molar-refractivity contribution in [2.75, 3.05) is 12.4 Å². The van der Waals surface area contributed by atoms with E-state index in [1.165, 1.54) is 16.7 Å². The van der Waals surface area contributed by atoms with E-state index in [-0.39, 0.29) is 5.97 Å². The second kappa shape index (κ2) is 10.8. The van der Waals surface area contributed by atoms with Crippen LogP contribution in [0, 0.1) is 0 Å². The number of carbonyl (C=O) groups excluding carboxylic acids is 1. The van der Waals surface area contributed by atoms with E-state index >= 15 is 0 Å². The minimum Gasteiger partial charge on any atom is -0.460 e. The van der Waals surface area contributed by atoms with Gasteiger partial charge in [-0.15, -0.1) is 11.8 Å². The number of esters is 1. The molecule has 0 saturated heterocycles. The number of fused-ring (bicyclic) bond motifs is 1. The van der Waals surface area contributed by atoms with Gasteiger partial charge < -0.3 is 9.30 Å². The number of benzene rings is 4. The van der Waals surface area contributed by atoms with Crippen molar-refractivity contribution in [1.82, 2.24) is 9.55 Å². The molecule has 0 amide bonds. The third kappa shape index (κ3) is 4.54. The molecule has 180 valence electrons. The number of nitrogens with zero attached hydrogens (tertiary/aromatic N) is 2. The zero-order valence-electron chi connectivity index (χ0n) is 20.2. The van der Waals surface area contributed by atoms with Gasteiger partial charge in [0.2, 0.25) is 5.82 Å². The number of aromatic nitrogens is 2. The van der Waals surface area contributed by atoms with Crippen molar-refractivity contribution in [3.8, 4) is 0 Å². The Kier molecular flexibility index (Phi) is 7.19. The molecule has 0 aliphatic carbocycles. The molecule has 36 heavy (non-hydrogen) atoms. The Balaban J connectivity index is 1.57. The van der Waals surface area contributed by atoms with Crippen LogP contribution < -0.4 is 0 Å². The van der Waals surface area contributed by atoms with Crippen molar-refractivity contribution in [1.29, 1.82) is 0 Å². The maximum atomic E-state index is 12.7. The Labute approximate surface area is 216 Å². The van der Waals surface area contributed by atoms with Gasteiger partial charge in [0.05, 0.1) is 22.4 Å². The van der Waals surface area contributed by atoms with E-state index in [0.717, 1.165) is 16.8 Å². The molecule has 0 N–H and O–H groups in total. The molecule has 0 aliphatic rings. The predicted octanol–water partition coefficient (Wildman–Crippen LogP) is 6.94. The molecule has 5 rings (SSSR count). The van der Waals surface area contributed by atoms with Gasteiger partial charge in [-0.2, -0.15) is 0 Å². The number of thioether (sulfide) groups is 1. The van der Waals surface area contributed by atoms with Gasteiger partial charge in [0, 0.05) is 12.3 Å². The van der Waals surface area contributed by atoms with Crippen LogP contribution in [0.4, 0.5) is 0 Å². The molecular weight excluding hydrogens is 464 g/mol. The SMILES string of the molecule is CCOC(=O)c1nc2ccccc2n1CCSC(c1ccccc1)(c1ccccc1)c1ccccc1.